The molecule has 1 atom stereocenters. The van der Waals surface area contributed by atoms with Gasteiger partial charge in [-0.25, -0.2) is 14.5 Å². The summed E-state index contributed by atoms with van der Waals surface area (Å²) in [5.74, 6) is -0.912. The first-order valence-electron chi connectivity index (χ1n) is 7.23. The van der Waals surface area contributed by atoms with E-state index < -0.39 is 12.1 Å². The Labute approximate surface area is 153 Å². The summed E-state index contributed by atoms with van der Waals surface area (Å²) in [7, 11) is 1.52. The molecule has 0 radical (unpaired) electrons. The topological polar surface area (TPSA) is 77.2 Å². The molecule has 0 aliphatic heterocycles. The number of hydrogen-bond donors (Lipinski definition) is 1. The van der Waals surface area contributed by atoms with E-state index >= 15 is 0 Å². The van der Waals surface area contributed by atoms with Gasteiger partial charge in [-0.3, -0.25) is 0 Å². The zero-order valence-corrected chi connectivity index (χ0v) is 14.6. The van der Waals surface area contributed by atoms with Crippen LogP contribution in [0.3, 0.4) is 0 Å². The van der Waals surface area contributed by atoms with Gasteiger partial charge in [-0.2, -0.15) is 5.10 Å². The number of hydrogen-bond acceptors (Lipinski definition) is 4. The Kier molecular flexibility index (Phi) is 5.03. The first-order valence-corrected chi connectivity index (χ1v) is 7.99. The molecule has 6 nitrogen and oxygen atoms in total. The molecule has 0 spiro atoms. The summed E-state index contributed by atoms with van der Waals surface area (Å²) in [6, 6.07) is 11.8. The molecule has 1 N–H and O–H groups in total. The highest BCUT2D eigenvalue weighted by Crippen LogP contribution is 2.28. The van der Waals surface area contributed by atoms with Crippen molar-refractivity contribution in [2.24, 2.45) is 0 Å². The van der Waals surface area contributed by atoms with Crippen molar-refractivity contribution in [1.82, 2.24) is 14.8 Å². The van der Waals surface area contributed by atoms with E-state index in [0.717, 1.165) is 5.56 Å². The predicted molar refractivity (Wildman–Crippen MR) is 93.6 cm³/mol. The number of benzene rings is 1. The third kappa shape index (κ3) is 3.51. The second kappa shape index (κ2) is 7.23. The van der Waals surface area contributed by atoms with Crippen LogP contribution in [0, 0.1) is 0 Å². The maximum absolute atomic E-state index is 11.6. The van der Waals surface area contributed by atoms with Gasteiger partial charge in [-0.1, -0.05) is 35.3 Å². The maximum atomic E-state index is 11.6. The van der Waals surface area contributed by atoms with Gasteiger partial charge in [-0.05, 0) is 35.9 Å². The average Bonchev–Trinajstić information content (AvgIpc) is 3.03. The Balaban J connectivity index is 2.11. The van der Waals surface area contributed by atoms with E-state index in [1.54, 1.807) is 36.4 Å². The number of methoxy groups -OCH3 is 1. The fraction of sp³-hybridized carbons (Fsp3) is 0.118. The summed E-state index contributed by atoms with van der Waals surface area (Å²) >= 11 is 12.0. The number of carbonyl (C=O) groups is 1. The van der Waals surface area contributed by atoms with E-state index in [1.807, 2.05) is 0 Å². The molecule has 1 aromatic carbocycles. The van der Waals surface area contributed by atoms with Crippen LogP contribution in [0.5, 0.6) is 0 Å². The van der Waals surface area contributed by atoms with Crippen molar-refractivity contribution in [3.63, 3.8) is 0 Å². The SMILES string of the molecule is COC(c1ccc(Cl)cc1)c1cc(C(=O)O)n(-c2ncccc2Cl)n1. The van der Waals surface area contributed by atoms with Gasteiger partial charge in [0.15, 0.2) is 11.5 Å². The zero-order chi connectivity index (χ0) is 18.0. The van der Waals surface area contributed by atoms with Gasteiger partial charge in [0.1, 0.15) is 6.10 Å². The molecular weight excluding hydrogens is 365 g/mol. The van der Waals surface area contributed by atoms with Crippen LogP contribution < -0.4 is 0 Å². The minimum absolute atomic E-state index is 0.0633. The third-order valence-electron chi connectivity index (χ3n) is 3.56. The van der Waals surface area contributed by atoms with Crippen molar-refractivity contribution in [2.75, 3.05) is 7.11 Å². The summed E-state index contributed by atoms with van der Waals surface area (Å²) in [5.41, 5.74) is 1.15. The molecule has 1 unspecified atom stereocenters. The Morgan fingerprint density at radius 3 is 2.56 bits per heavy atom. The first-order chi connectivity index (χ1) is 12.0. The highest BCUT2D eigenvalue weighted by atomic mass is 35.5. The van der Waals surface area contributed by atoms with Gasteiger partial charge in [0.2, 0.25) is 0 Å². The van der Waals surface area contributed by atoms with Gasteiger partial charge in [0.05, 0.1) is 10.7 Å². The van der Waals surface area contributed by atoms with E-state index in [9.17, 15) is 9.90 Å². The molecule has 3 aromatic rings. The van der Waals surface area contributed by atoms with Crippen LogP contribution >= 0.6 is 23.2 Å². The summed E-state index contributed by atoms with van der Waals surface area (Å²) < 4.78 is 6.71. The van der Waals surface area contributed by atoms with Crippen molar-refractivity contribution in [3.05, 3.63) is 75.7 Å². The molecule has 128 valence electrons. The number of aromatic carboxylic acids is 1. The highest BCUT2D eigenvalue weighted by Gasteiger charge is 2.24. The van der Waals surface area contributed by atoms with Gasteiger partial charge in [0.25, 0.3) is 0 Å². The second-order valence-corrected chi connectivity index (χ2v) is 5.99. The Hall–Kier alpha value is -2.41. The standard InChI is InChI=1S/C17H13Cl2N3O3/c1-25-15(10-4-6-11(18)7-5-10)13-9-14(17(23)24)22(21-13)16-12(19)3-2-8-20-16/h2-9,15H,1H3,(H,23,24). The number of aromatic nitrogens is 3. The minimum atomic E-state index is -1.15. The van der Waals surface area contributed by atoms with E-state index in [0.29, 0.717) is 15.7 Å². The number of carboxylic acids is 1. The maximum Gasteiger partial charge on any atom is 0.354 e. The molecule has 25 heavy (non-hydrogen) atoms. The lowest BCUT2D eigenvalue weighted by molar-refractivity contribution is 0.0687. The van der Waals surface area contributed by atoms with Crippen LogP contribution in [0.25, 0.3) is 5.82 Å². The summed E-state index contributed by atoms with van der Waals surface area (Å²) in [5, 5.41) is 14.8. The molecular formula is C17H13Cl2N3O3. The summed E-state index contributed by atoms with van der Waals surface area (Å²) in [4.78, 5) is 15.7. The molecule has 0 saturated carbocycles. The predicted octanol–water partition coefficient (Wildman–Crippen LogP) is 4.01. The number of halogens is 2. The van der Waals surface area contributed by atoms with Crippen LogP contribution in [-0.4, -0.2) is 33.0 Å². The van der Waals surface area contributed by atoms with Crippen LogP contribution in [-0.2, 0) is 4.74 Å². The average molecular weight is 378 g/mol. The fourth-order valence-corrected chi connectivity index (χ4v) is 2.77. The Bertz CT molecular complexity index is 910. The molecule has 0 bridgehead atoms. The van der Waals surface area contributed by atoms with Gasteiger partial charge in [0, 0.05) is 18.3 Å². The second-order valence-electron chi connectivity index (χ2n) is 5.15. The van der Waals surface area contributed by atoms with Crippen LogP contribution in [0.1, 0.15) is 27.8 Å². The minimum Gasteiger partial charge on any atom is -0.477 e. The quantitative estimate of drug-likeness (QED) is 0.726. The molecule has 3 rings (SSSR count). The largest absolute Gasteiger partial charge is 0.477 e. The molecule has 0 aliphatic rings. The molecule has 0 saturated heterocycles. The van der Waals surface area contributed by atoms with E-state index in [1.165, 1.54) is 24.1 Å². The highest BCUT2D eigenvalue weighted by molar-refractivity contribution is 6.32. The normalized spacial score (nSPS) is 12.1. The lowest BCUT2D eigenvalue weighted by Gasteiger charge is -2.13. The van der Waals surface area contributed by atoms with Crippen molar-refractivity contribution in [3.8, 4) is 5.82 Å². The number of pyridine rings is 1. The Morgan fingerprint density at radius 1 is 1.24 bits per heavy atom. The van der Waals surface area contributed by atoms with Crippen molar-refractivity contribution >= 4 is 29.2 Å². The number of carboxylic acid groups (broad SMARTS) is 1. The van der Waals surface area contributed by atoms with Crippen LogP contribution in [0.2, 0.25) is 10.0 Å². The molecule has 2 heterocycles. The molecule has 8 heteroatoms. The van der Waals surface area contributed by atoms with Crippen LogP contribution in [0.15, 0.2) is 48.7 Å². The number of ether oxygens (including phenoxy) is 1. The van der Waals surface area contributed by atoms with E-state index in [2.05, 4.69) is 10.1 Å². The third-order valence-corrected chi connectivity index (χ3v) is 4.11. The smallest absolute Gasteiger partial charge is 0.354 e. The number of rotatable bonds is 5. The summed E-state index contributed by atoms with van der Waals surface area (Å²) in [6.07, 6.45) is 0.959. The molecule has 2 aromatic heterocycles. The molecule has 0 fully saturated rings. The van der Waals surface area contributed by atoms with Gasteiger partial charge in [-0.15, -0.1) is 0 Å². The lowest BCUT2D eigenvalue weighted by atomic mass is 10.1. The summed E-state index contributed by atoms with van der Waals surface area (Å²) in [6.45, 7) is 0. The Morgan fingerprint density at radius 2 is 1.96 bits per heavy atom. The fourth-order valence-electron chi connectivity index (χ4n) is 2.44. The molecule has 0 aliphatic carbocycles. The monoisotopic (exact) mass is 377 g/mol. The number of nitrogens with zero attached hydrogens (tertiary/aromatic N) is 3. The lowest BCUT2D eigenvalue weighted by Crippen LogP contribution is -2.10. The van der Waals surface area contributed by atoms with Gasteiger partial charge >= 0.3 is 5.97 Å². The van der Waals surface area contributed by atoms with Crippen LogP contribution in [0.4, 0.5) is 0 Å². The van der Waals surface area contributed by atoms with E-state index in [-0.39, 0.29) is 11.5 Å². The zero-order valence-electron chi connectivity index (χ0n) is 13.1. The van der Waals surface area contributed by atoms with Gasteiger partial charge < -0.3 is 9.84 Å². The van der Waals surface area contributed by atoms with E-state index in [4.69, 9.17) is 27.9 Å². The van der Waals surface area contributed by atoms with Crippen molar-refractivity contribution < 1.29 is 14.6 Å². The van der Waals surface area contributed by atoms with Crippen molar-refractivity contribution in [2.45, 2.75) is 6.10 Å². The molecule has 0 amide bonds. The first kappa shape index (κ1) is 17.4. The van der Waals surface area contributed by atoms with Crippen molar-refractivity contribution in [1.29, 1.82) is 0 Å².